The van der Waals surface area contributed by atoms with Crippen molar-refractivity contribution in [2.24, 2.45) is 0 Å². The smallest absolute Gasteiger partial charge is 0.232 e. The lowest BCUT2D eigenvalue weighted by Gasteiger charge is -2.23. The van der Waals surface area contributed by atoms with E-state index in [4.69, 9.17) is 4.74 Å². The SMILES string of the molecule is CCc1cccc(C)c1NC(=O)CCN(c1cccc(OC)c1)S(C)(=O)=O. The zero-order chi connectivity index (χ0) is 20.0. The molecule has 0 saturated heterocycles. The number of methoxy groups -OCH3 is 1. The van der Waals surface area contributed by atoms with Gasteiger partial charge in [-0.3, -0.25) is 9.10 Å². The first kappa shape index (κ1) is 20.8. The summed E-state index contributed by atoms with van der Waals surface area (Å²) < 4.78 is 30.8. The van der Waals surface area contributed by atoms with Crippen LogP contribution in [0.5, 0.6) is 5.75 Å². The summed E-state index contributed by atoms with van der Waals surface area (Å²) in [6, 6.07) is 12.6. The molecule has 0 aliphatic heterocycles. The van der Waals surface area contributed by atoms with Crippen molar-refractivity contribution in [3.05, 3.63) is 53.6 Å². The maximum Gasteiger partial charge on any atom is 0.232 e. The minimum absolute atomic E-state index is 0.0434. The number of aryl methyl sites for hydroxylation is 2. The molecule has 2 aromatic rings. The number of nitrogens with one attached hydrogen (secondary N) is 1. The lowest BCUT2D eigenvalue weighted by atomic mass is 10.1. The third-order valence-corrected chi connectivity index (χ3v) is 5.48. The first-order valence-corrected chi connectivity index (χ1v) is 10.6. The molecular formula is C20H26N2O4S. The summed E-state index contributed by atoms with van der Waals surface area (Å²) in [6.45, 7) is 4.01. The fourth-order valence-electron chi connectivity index (χ4n) is 2.86. The Kier molecular flexibility index (Phi) is 6.85. The van der Waals surface area contributed by atoms with Gasteiger partial charge in [-0.15, -0.1) is 0 Å². The van der Waals surface area contributed by atoms with Crippen LogP contribution in [0.4, 0.5) is 11.4 Å². The van der Waals surface area contributed by atoms with Gasteiger partial charge in [-0.25, -0.2) is 8.42 Å². The predicted molar refractivity (Wildman–Crippen MR) is 109 cm³/mol. The van der Waals surface area contributed by atoms with E-state index in [1.165, 1.54) is 11.4 Å². The molecular weight excluding hydrogens is 364 g/mol. The van der Waals surface area contributed by atoms with Crippen LogP contribution in [0.1, 0.15) is 24.5 Å². The highest BCUT2D eigenvalue weighted by atomic mass is 32.2. The summed E-state index contributed by atoms with van der Waals surface area (Å²) >= 11 is 0. The Hall–Kier alpha value is -2.54. The summed E-state index contributed by atoms with van der Waals surface area (Å²) in [5.74, 6) is 0.327. The highest BCUT2D eigenvalue weighted by molar-refractivity contribution is 7.92. The third kappa shape index (κ3) is 5.47. The van der Waals surface area contributed by atoms with Crippen molar-refractivity contribution in [3.63, 3.8) is 0 Å². The molecule has 0 unspecified atom stereocenters. The van der Waals surface area contributed by atoms with Gasteiger partial charge in [0.1, 0.15) is 5.75 Å². The van der Waals surface area contributed by atoms with E-state index in [0.29, 0.717) is 11.4 Å². The van der Waals surface area contributed by atoms with Crippen molar-refractivity contribution in [3.8, 4) is 5.75 Å². The number of amides is 1. The minimum Gasteiger partial charge on any atom is -0.497 e. The summed E-state index contributed by atoms with van der Waals surface area (Å²) in [4.78, 5) is 12.5. The van der Waals surface area contributed by atoms with Gasteiger partial charge < -0.3 is 10.1 Å². The van der Waals surface area contributed by atoms with Crippen LogP contribution in [-0.4, -0.2) is 34.2 Å². The van der Waals surface area contributed by atoms with Crippen molar-refractivity contribution < 1.29 is 17.9 Å². The zero-order valence-corrected chi connectivity index (χ0v) is 17.0. The van der Waals surface area contributed by atoms with E-state index >= 15 is 0 Å². The number of nitrogens with zero attached hydrogens (tertiary/aromatic N) is 1. The molecule has 0 saturated carbocycles. The van der Waals surface area contributed by atoms with E-state index in [9.17, 15) is 13.2 Å². The number of hydrogen-bond acceptors (Lipinski definition) is 4. The normalized spacial score (nSPS) is 11.1. The van der Waals surface area contributed by atoms with Crippen molar-refractivity contribution in [2.45, 2.75) is 26.7 Å². The Labute approximate surface area is 161 Å². The second-order valence-corrected chi connectivity index (χ2v) is 8.20. The van der Waals surface area contributed by atoms with Crippen molar-refractivity contribution >= 4 is 27.3 Å². The van der Waals surface area contributed by atoms with E-state index < -0.39 is 10.0 Å². The fourth-order valence-corrected chi connectivity index (χ4v) is 3.78. The molecule has 0 spiro atoms. The highest BCUT2D eigenvalue weighted by Crippen LogP contribution is 2.24. The number of para-hydroxylation sites is 1. The average molecular weight is 391 g/mol. The molecule has 146 valence electrons. The van der Waals surface area contributed by atoms with Gasteiger partial charge in [0.15, 0.2) is 0 Å². The Morgan fingerprint density at radius 1 is 1.19 bits per heavy atom. The van der Waals surface area contributed by atoms with Crippen LogP contribution < -0.4 is 14.4 Å². The van der Waals surface area contributed by atoms with E-state index in [2.05, 4.69) is 5.32 Å². The number of rotatable bonds is 8. The van der Waals surface area contributed by atoms with Gasteiger partial charge in [0, 0.05) is 24.7 Å². The monoisotopic (exact) mass is 390 g/mol. The summed E-state index contributed by atoms with van der Waals surface area (Å²) in [5, 5.41) is 2.93. The largest absolute Gasteiger partial charge is 0.497 e. The number of anilines is 2. The van der Waals surface area contributed by atoms with Gasteiger partial charge in [-0.05, 0) is 36.6 Å². The Morgan fingerprint density at radius 3 is 2.52 bits per heavy atom. The molecule has 1 amide bonds. The van der Waals surface area contributed by atoms with Crippen molar-refractivity contribution in [1.82, 2.24) is 0 Å². The second-order valence-electron chi connectivity index (χ2n) is 6.30. The maximum atomic E-state index is 12.5. The van der Waals surface area contributed by atoms with Gasteiger partial charge >= 0.3 is 0 Å². The number of ether oxygens (including phenoxy) is 1. The first-order valence-electron chi connectivity index (χ1n) is 8.76. The number of sulfonamides is 1. The molecule has 0 aliphatic carbocycles. The first-order chi connectivity index (χ1) is 12.8. The van der Waals surface area contributed by atoms with E-state index in [0.717, 1.165) is 29.5 Å². The molecule has 2 aromatic carbocycles. The van der Waals surface area contributed by atoms with Crippen LogP contribution in [0, 0.1) is 6.92 Å². The van der Waals surface area contributed by atoms with Crippen LogP contribution in [0.3, 0.4) is 0 Å². The van der Waals surface area contributed by atoms with Gasteiger partial charge in [-0.1, -0.05) is 31.2 Å². The number of benzene rings is 2. The predicted octanol–water partition coefficient (Wildman–Crippen LogP) is 3.36. The van der Waals surface area contributed by atoms with Gasteiger partial charge in [0.25, 0.3) is 0 Å². The Bertz CT molecular complexity index is 910. The fraction of sp³-hybridized carbons (Fsp3) is 0.350. The molecule has 0 atom stereocenters. The van der Waals surface area contributed by atoms with E-state index in [1.807, 2.05) is 32.0 Å². The number of hydrogen-bond donors (Lipinski definition) is 1. The molecule has 7 heteroatoms. The molecule has 0 aliphatic rings. The summed E-state index contributed by atoms with van der Waals surface area (Å²) in [7, 11) is -2.02. The summed E-state index contributed by atoms with van der Waals surface area (Å²) in [6.07, 6.45) is 1.97. The quantitative estimate of drug-likeness (QED) is 0.750. The van der Waals surface area contributed by atoms with E-state index in [1.54, 1.807) is 24.3 Å². The molecule has 0 heterocycles. The minimum atomic E-state index is -3.53. The lowest BCUT2D eigenvalue weighted by molar-refractivity contribution is -0.116. The molecule has 0 bridgehead atoms. The van der Waals surface area contributed by atoms with Crippen molar-refractivity contribution in [1.29, 1.82) is 0 Å². The van der Waals surface area contributed by atoms with Crippen LogP contribution in [0.2, 0.25) is 0 Å². The van der Waals surface area contributed by atoms with Crippen LogP contribution in [0.15, 0.2) is 42.5 Å². The van der Waals surface area contributed by atoms with Crippen LogP contribution in [-0.2, 0) is 21.2 Å². The molecule has 2 rings (SSSR count). The maximum absolute atomic E-state index is 12.5. The number of carbonyl (C=O) groups is 1. The summed E-state index contributed by atoms with van der Waals surface area (Å²) in [5.41, 5.74) is 3.30. The molecule has 0 radical (unpaired) electrons. The molecule has 1 N–H and O–H groups in total. The average Bonchev–Trinajstić information content (AvgIpc) is 2.62. The Balaban J connectivity index is 2.15. The molecule has 6 nitrogen and oxygen atoms in total. The van der Waals surface area contributed by atoms with Crippen LogP contribution in [0.25, 0.3) is 0 Å². The molecule has 27 heavy (non-hydrogen) atoms. The number of carbonyl (C=O) groups excluding carboxylic acids is 1. The molecule has 0 aromatic heterocycles. The van der Waals surface area contributed by atoms with Crippen LogP contribution >= 0.6 is 0 Å². The van der Waals surface area contributed by atoms with Crippen molar-refractivity contribution in [2.75, 3.05) is 29.5 Å². The zero-order valence-electron chi connectivity index (χ0n) is 16.2. The van der Waals surface area contributed by atoms with Gasteiger partial charge in [-0.2, -0.15) is 0 Å². The van der Waals surface area contributed by atoms with Gasteiger partial charge in [0.05, 0.1) is 19.1 Å². The lowest BCUT2D eigenvalue weighted by Crippen LogP contribution is -2.33. The Morgan fingerprint density at radius 2 is 1.89 bits per heavy atom. The standard InChI is InChI=1S/C20H26N2O4S/c1-5-16-9-6-8-15(2)20(16)21-19(23)12-13-22(27(4,24)25)17-10-7-11-18(14-17)26-3/h6-11,14H,5,12-13H2,1-4H3,(H,21,23). The van der Waals surface area contributed by atoms with Gasteiger partial charge in [0.2, 0.25) is 15.9 Å². The van der Waals surface area contributed by atoms with E-state index in [-0.39, 0.29) is 18.9 Å². The second kappa shape index (κ2) is 8.90. The third-order valence-electron chi connectivity index (χ3n) is 4.29. The molecule has 0 fully saturated rings. The topological polar surface area (TPSA) is 75.7 Å². The highest BCUT2D eigenvalue weighted by Gasteiger charge is 2.19.